The monoisotopic (exact) mass is 384 g/mol. The summed E-state index contributed by atoms with van der Waals surface area (Å²) in [4.78, 5) is 26.2. The van der Waals surface area contributed by atoms with Crippen molar-refractivity contribution in [3.8, 4) is 11.5 Å². The molecule has 1 saturated heterocycles. The Labute approximate surface area is 161 Å². The van der Waals surface area contributed by atoms with Crippen LogP contribution >= 0.6 is 0 Å². The summed E-state index contributed by atoms with van der Waals surface area (Å²) < 4.78 is 9.91. The topological polar surface area (TPSA) is 90.2 Å². The fourth-order valence-electron chi connectivity index (χ4n) is 3.62. The third kappa shape index (κ3) is 3.29. The Morgan fingerprint density at radius 3 is 2.79 bits per heavy atom. The van der Waals surface area contributed by atoms with Crippen LogP contribution in [-0.2, 0) is 27.7 Å². The van der Waals surface area contributed by atoms with Crippen LogP contribution in [0, 0.1) is 0 Å². The van der Waals surface area contributed by atoms with Gasteiger partial charge in [0.15, 0.2) is 5.76 Å². The molecule has 9 heteroatoms. The minimum atomic E-state index is -0.306. The van der Waals surface area contributed by atoms with E-state index in [1.165, 1.54) is 17.7 Å². The van der Waals surface area contributed by atoms with Gasteiger partial charge < -0.3 is 14.6 Å². The average Bonchev–Trinajstić information content (AvgIpc) is 3.42. The van der Waals surface area contributed by atoms with E-state index in [0.29, 0.717) is 12.4 Å². The van der Waals surface area contributed by atoms with Crippen LogP contribution in [0.4, 0.5) is 5.82 Å². The van der Waals surface area contributed by atoms with Gasteiger partial charge in [-0.3, -0.25) is 18.6 Å². The Balaban J connectivity index is 1.42. The second kappa shape index (κ2) is 7.16. The molecule has 1 aliphatic heterocycles. The van der Waals surface area contributed by atoms with Gasteiger partial charge in [0.1, 0.15) is 11.5 Å². The lowest BCUT2D eigenvalue weighted by Gasteiger charge is -2.21. The van der Waals surface area contributed by atoms with Crippen molar-refractivity contribution in [1.29, 1.82) is 0 Å². The van der Waals surface area contributed by atoms with Crippen LogP contribution in [0.25, 0.3) is 11.5 Å². The summed E-state index contributed by atoms with van der Waals surface area (Å²) in [5.41, 5.74) is 1.28. The maximum atomic E-state index is 12.2. The minimum Gasteiger partial charge on any atom is -0.463 e. The first-order valence-electron chi connectivity index (χ1n) is 9.26. The molecule has 3 aromatic heterocycles. The van der Waals surface area contributed by atoms with E-state index in [-0.39, 0.29) is 17.3 Å². The van der Waals surface area contributed by atoms with Crippen molar-refractivity contribution < 1.29 is 4.42 Å². The largest absolute Gasteiger partial charge is 0.463 e. The Hall–Kier alpha value is -3.07. The average molecular weight is 384 g/mol. The van der Waals surface area contributed by atoms with E-state index in [4.69, 9.17) is 4.42 Å². The second-order valence-electron chi connectivity index (χ2n) is 7.18. The zero-order valence-electron chi connectivity index (χ0n) is 16.3. The van der Waals surface area contributed by atoms with Gasteiger partial charge in [-0.15, -0.1) is 0 Å². The van der Waals surface area contributed by atoms with Crippen LogP contribution in [0.3, 0.4) is 0 Å². The Kier molecular flexibility index (Phi) is 4.68. The molecule has 148 valence electrons. The molecule has 1 fully saturated rings. The van der Waals surface area contributed by atoms with Crippen molar-refractivity contribution >= 4 is 5.82 Å². The Morgan fingerprint density at radius 1 is 1.21 bits per heavy atom. The van der Waals surface area contributed by atoms with Gasteiger partial charge in [0.25, 0.3) is 5.56 Å². The lowest BCUT2D eigenvalue weighted by Crippen LogP contribution is -2.40. The van der Waals surface area contributed by atoms with Crippen LogP contribution in [0.2, 0.25) is 0 Å². The molecular weight excluding hydrogens is 360 g/mol. The highest BCUT2D eigenvalue weighted by atomic mass is 16.3. The van der Waals surface area contributed by atoms with Gasteiger partial charge in [0.05, 0.1) is 12.0 Å². The van der Waals surface area contributed by atoms with Crippen molar-refractivity contribution in [2.45, 2.75) is 19.0 Å². The summed E-state index contributed by atoms with van der Waals surface area (Å²) in [5.74, 6) is 1.42. The molecule has 4 rings (SSSR count). The Bertz CT molecular complexity index is 1090. The minimum absolute atomic E-state index is 0.265. The molecule has 1 aliphatic rings. The molecule has 0 aromatic carbocycles. The number of nitrogens with zero attached hydrogens (tertiary/aromatic N) is 5. The first-order chi connectivity index (χ1) is 13.4. The van der Waals surface area contributed by atoms with Gasteiger partial charge in [-0.1, -0.05) is 0 Å². The summed E-state index contributed by atoms with van der Waals surface area (Å²) in [6, 6.07) is 7.55. The van der Waals surface area contributed by atoms with Gasteiger partial charge >= 0.3 is 5.69 Å². The maximum Gasteiger partial charge on any atom is 0.332 e. The quantitative estimate of drug-likeness (QED) is 0.687. The summed E-state index contributed by atoms with van der Waals surface area (Å²) in [5, 5.41) is 8.05. The third-order valence-corrected chi connectivity index (χ3v) is 5.34. The van der Waals surface area contributed by atoms with Gasteiger partial charge in [0, 0.05) is 52.9 Å². The van der Waals surface area contributed by atoms with Crippen LogP contribution in [0.1, 0.15) is 12.1 Å². The maximum absolute atomic E-state index is 12.2. The van der Waals surface area contributed by atoms with E-state index in [1.54, 1.807) is 13.3 Å². The van der Waals surface area contributed by atoms with Crippen molar-refractivity contribution in [1.82, 2.24) is 24.2 Å². The van der Waals surface area contributed by atoms with Crippen LogP contribution in [-0.4, -0.2) is 38.0 Å². The van der Waals surface area contributed by atoms with E-state index >= 15 is 0 Å². The van der Waals surface area contributed by atoms with Crippen LogP contribution < -0.4 is 21.5 Å². The first-order valence-corrected chi connectivity index (χ1v) is 9.26. The number of aromatic nitrogens is 4. The molecule has 0 saturated carbocycles. The van der Waals surface area contributed by atoms with Crippen molar-refractivity contribution in [2.24, 2.45) is 21.1 Å². The number of nitrogens with one attached hydrogen (secondary N) is 1. The molecule has 1 N–H and O–H groups in total. The van der Waals surface area contributed by atoms with Gasteiger partial charge in [0.2, 0.25) is 0 Å². The molecule has 1 atom stereocenters. The zero-order chi connectivity index (χ0) is 19.8. The van der Waals surface area contributed by atoms with Crippen molar-refractivity contribution in [3.63, 3.8) is 0 Å². The molecule has 0 spiro atoms. The van der Waals surface area contributed by atoms with E-state index < -0.39 is 0 Å². The zero-order valence-corrected chi connectivity index (χ0v) is 16.3. The standard InChI is InChI=1S/C19H24N6O3/c1-22-17(10-18(26)23(2)19(22)27)25-7-6-13(12-25)20-11-14-9-15(21-24(14)3)16-5-4-8-28-16/h4-5,8-10,13,20H,6-7,11-12H2,1-3H3/t13-/m0/s1. The summed E-state index contributed by atoms with van der Waals surface area (Å²) in [6.45, 7) is 2.21. The van der Waals surface area contributed by atoms with Crippen molar-refractivity contribution in [2.75, 3.05) is 18.0 Å². The Morgan fingerprint density at radius 2 is 2.04 bits per heavy atom. The van der Waals surface area contributed by atoms with E-state index in [0.717, 1.165) is 41.2 Å². The molecule has 9 nitrogen and oxygen atoms in total. The van der Waals surface area contributed by atoms with E-state index in [9.17, 15) is 9.59 Å². The molecule has 0 aliphatic carbocycles. The fraction of sp³-hybridized carbons (Fsp3) is 0.421. The second-order valence-corrected chi connectivity index (χ2v) is 7.18. The van der Waals surface area contributed by atoms with E-state index in [1.807, 2.05) is 29.9 Å². The number of furan rings is 1. The molecule has 0 bridgehead atoms. The van der Waals surface area contributed by atoms with Crippen LogP contribution in [0.5, 0.6) is 0 Å². The fourth-order valence-corrected chi connectivity index (χ4v) is 3.62. The molecule has 4 heterocycles. The predicted molar refractivity (Wildman–Crippen MR) is 105 cm³/mol. The number of hydrogen-bond acceptors (Lipinski definition) is 6. The first kappa shape index (κ1) is 18.3. The lowest BCUT2D eigenvalue weighted by molar-refractivity contribution is 0.529. The summed E-state index contributed by atoms with van der Waals surface area (Å²) in [7, 11) is 5.11. The highest BCUT2D eigenvalue weighted by Gasteiger charge is 2.25. The molecule has 0 unspecified atom stereocenters. The smallest absolute Gasteiger partial charge is 0.332 e. The number of anilines is 1. The molecular formula is C19H24N6O3. The van der Waals surface area contributed by atoms with Gasteiger partial charge in [-0.2, -0.15) is 5.10 Å². The van der Waals surface area contributed by atoms with Gasteiger partial charge in [-0.05, 0) is 24.6 Å². The molecule has 28 heavy (non-hydrogen) atoms. The number of rotatable bonds is 5. The normalized spacial score (nSPS) is 16.8. The summed E-state index contributed by atoms with van der Waals surface area (Å²) >= 11 is 0. The number of aryl methyl sites for hydroxylation is 1. The predicted octanol–water partition coefficient (Wildman–Crippen LogP) is 0.446. The number of hydrogen-bond donors (Lipinski definition) is 1. The molecule has 0 radical (unpaired) electrons. The highest BCUT2D eigenvalue weighted by molar-refractivity contribution is 5.52. The van der Waals surface area contributed by atoms with E-state index in [2.05, 4.69) is 15.3 Å². The summed E-state index contributed by atoms with van der Waals surface area (Å²) in [6.07, 6.45) is 2.57. The van der Waals surface area contributed by atoms with Crippen LogP contribution in [0.15, 0.2) is 44.5 Å². The highest BCUT2D eigenvalue weighted by Crippen LogP contribution is 2.20. The SMILES string of the molecule is Cn1nc(-c2ccco2)cc1CN[C@H]1CCN(c2cc(=O)n(C)c(=O)n2C)C1. The third-order valence-electron chi connectivity index (χ3n) is 5.34. The van der Waals surface area contributed by atoms with Gasteiger partial charge in [-0.25, -0.2) is 4.79 Å². The van der Waals surface area contributed by atoms with Crippen molar-refractivity contribution in [3.05, 3.63) is 57.1 Å². The lowest BCUT2D eigenvalue weighted by atomic mass is 10.2. The molecule has 3 aromatic rings. The molecule has 0 amide bonds.